The van der Waals surface area contributed by atoms with E-state index in [-0.39, 0.29) is 5.92 Å². The van der Waals surface area contributed by atoms with Crippen LogP contribution in [0.2, 0.25) is 0 Å². The summed E-state index contributed by atoms with van der Waals surface area (Å²) in [6, 6.07) is 2.25. The summed E-state index contributed by atoms with van der Waals surface area (Å²) in [5.74, 6) is -0.212. The highest BCUT2D eigenvalue weighted by Crippen LogP contribution is 2.52. The third kappa shape index (κ3) is 1.13. The molecule has 3 aliphatic carbocycles. The van der Waals surface area contributed by atoms with Gasteiger partial charge in [-0.3, -0.25) is 4.79 Å². The molecule has 3 saturated carbocycles. The summed E-state index contributed by atoms with van der Waals surface area (Å²) in [5.41, 5.74) is -0.546. The Morgan fingerprint density at radius 3 is 2.54 bits per heavy atom. The van der Waals surface area contributed by atoms with E-state index in [9.17, 15) is 4.79 Å². The largest absolute Gasteiger partial charge is 0.481 e. The van der Waals surface area contributed by atoms with Gasteiger partial charge in [-0.25, -0.2) is 0 Å². The van der Waals surface area contributed by atoms with Crippen molar-refractivity contribution in [1.29, 1.82) is 5.26 Å². The smallest absolute Gasteiger partial charge is 0.309 e. The highest BCUT2D eigenvalue weighted by atomic mass is 16.4. The number of fused-ring (bicyclic) bond motifs is 3. The minimum Gasteiger partial charge on any atom is -0.481 e. The molecule has 0 heterocycles. The summed E-state index contributed by atoms with van der Waals surface area (Å²) in [5, 5.41) is 18.0. The number of nitrogens with zero attached hydrogens (tertiary/aromatic N) is 1. The van der Waals surface area contributed by atoms with Crippen molar-refractivity contribution in [2.75, 3.05) is 0 Å². The van der Waals surface area contributed by atoms with Gasteiger partial charge in [0.05, 0.1) is 17.4 Å². The molecule has 3 heteroatoms. The molecule has 1 N–H and O–H groups in total. The van der Waals surface area contributed by atoms with Gasteiger partial charge in [0.1, 0.15) is 0 Å². The number of carbonyl (C=O) groups is 1. The monoisotopic (exact) mass is 179 g/mol. The molecule has 0 amide bonds. The number of carboxylic acid groups (broad SMARTS) is 1. The molecule has 0 aromatic carbocycles. The summed E-state index contributed by atoms with van der Waals surface area (Å²) in [6.07, 6.45) is 4.02. The molecule has 0 aromatic heterocycles. The second-order valence-electron chi connectivity index (χ2n) is 4.36. The fourth-order valence-electron chi connectivity index (χ4n) is 2.84. The summed E-state index contributed by atoms with van der Waals surface area (Å²) in [4.78, 5) is 11.1. The zero-order chi connectivity index (χ0) is 9.47. The lowest BCUT2D eigenvalue weighted by molar-refractivity contribution is -0.156. The second kappa shape index (κ2) is 2.73. The zero-order valence-electron chi connectivity index (χ0n) is 7.49. The summed E-state index contributed by atoms with van der Waals surface area (Å²) in [7, 11) is 0. The lowest BCUT2D eigenvalue weighted by atomic mass is 9.57. The second-order valence-corrected chi connectivity index (χ2v) is 4.36. The standard InChI is InChI=1S/C10H13NO2/c11-6-8-5-10(9(12)13)3-1-7(8)2-4-10/h7-8H,1-5H2,(H,12,13). The maximum atomic E-state index is 11.1. The van der Waals surface area contributed by atoms with Gasteiger partial charge in [0.25, 0.3) is 0 Å². The summed E-state index contributed by atoms with van der Waals surface area (Å²) >= 11 is 0. The van der Waals surface area contributed by atoms with E-state index in [0.717, 1.165) is 25.7 Å². The topological polar surface area (TPSA) is 61.1 Å². The van der Waals surface area contributed by atoms with Crippen molar-refractivity contribution in [3.05, 3.63) is 0 Å². The molecular formula is C10H13NO2. The summed E-state index contributed by atoms with van der Waals surface area (Å²) < 4.78 is 0. The van der Waals surface area contributed by atoms with Crippen molar-refractivity contribution >= 4 is 5.97 Å². The maximum Gasteiger partial charge on any atom is 0.309 e. The Bertz CT molecular complexity index is 271. The summed E-state index contributed by atoms with van der Waals surface area (Å²) in [6.45, 7) is 0. The lowest BCUT2D eigenvalue weighted by Gasteiger charge is -2.45. The lowest BCUT2D eigenvalue weighted by Crippen LogP contribution is -2.44. The highest BCUT2D eigenvalue weighted by molar-refractivity contribution is 5.75. The molecule has 0 saturated heterocycles. The first-order chi connectivity index (χ1) is 6.18. The molecule has 0 aromatic rings. The molecule has 3 aliphatic rings. The van der Waals surface area contributed by atoms with Crippen molar-refractivity contribution in [2.45, 2.75) is 32.1 Å². The van der Waals surface area contributed by atoms with E-state index in [2.05, 4.69) is 6.07 Å². The van der Waals surface area contributed by atoms with Crippen LogP contribution in [0.25, 0.3) is 0 Å². The van der Waals surface area contributed by atoms with Crippen LogP contribution in [0.4, 0.5) is 0 Å². The molecule has 3 rings (SSSR count). The van der Waals surface area contributed by atoms with Crippen LogP contribution in [-0.2, 0) is 4.79 Å². The Labute approximate surface area is 77.4 Å². The number of hydrogen-bond acceptors (Lipinski definition) is 2. The zero-order valence-corrected chi connectivity index (χ0v) is 7.49. The van der Waals surface area contributed by atoms with Crippen LogP contribution in [-0.4, -0.2) is 11.1 Å². The van der Waals surface area contributed by atoms with E-state index in [1.165, 1.54) is 0 Å². The Morgan fingerprint density at radius 1 is 1.46 bits per heavy atom. The number of nitriles is 1. The molecule has 2 bridgehead atoms. The van der Waals surface area contributed by atoms with Gasteiger partial charge < -0.3 is 5.11 Å². The van der Waals surface area contributed by atoms with Crippen LogP contribution in [0.3, 0.4) is 0 Å². The molecule has 1 unspecified atom stereocenters. The van der Waals surface area contributed by atoms with Gasteiger partial charge in [-0.2, -0.15) is 5.26 Å². The van der Waals surface area contributed by atoms with Crippen molar-refractivity contribution in [3.8, 4) is 6.07 Å². The van der Waals surface area contributed by atoms with E-state index >= 15 is 0 Å². The van der Waals surface area contributed by atoms with Crippen molar-refractivity contribution in [1.82, 2.24) is 0 Å². The van der Waals surface area contributed by atoms with E-state index in [4.69, 9.17) is 10.4 Å². The Morgan fingerprint density at radius 2 is 2.08 bits per heavy atom. The van der Waals surface area contributed by atoms with Gasteiger partial charge in [-0.05, 0) is 38.0 Å². The van der Waals surface area contributed by atoms with Gasteiger partial charge in [0.2, 0.25) is 0 Å². The quantitative estimate of drug-likeness (QED) is 0.667. The molecule has 1 atom stereocenters. The maximum absolute atomic E-state index is 11.1. The van der Waals surface area contributed by atoms with Crippen molar-refractivity contribution in [2.24, 2.45) is 17.3 Å². The number of aliphatic carboxylic acids is 1. The van der Waals surface area contributed by atoms with Gasteiger partial charge in [0.15, 0.2) is 0 Å². The van der Waals surface area contributed by atoms with E-state index in [0.29, 0.717) is 12.3 Å². The van der Waals surface area contributed by atoms with E-state index < -0.39 is 11.4 Å². The fraction of sp³-hybridized carbons (Fsp3) is 0.800. The molecule has 3 fully saturated rings. The van der Waals surface area contributed by atoms with Gasteiger partial charge in [-0.1, -0.05) is 0 Å². The van der Waals surface area contributed by atoms with Crippen LogP contribution in [0, 0.1) is 28.6 Å². The molecule has 70 valence electrons. The number of carboxylic acids is 1. The van der Waals surface area contributed by atoms with Crippen LogP contribution < -0.4 is 0 Å². The molecule has 3 nitrogen and oxygen atoms in total. The highest BCUT2D eigenvalue weighted by Gasteiger charge is 2.50. The normalized spacial score (nSPS) is 42.7. The Balaban J connectivity index is 2.24. The average molecular weight is 179 g/mol. The Kier molecular flexibility index (Phi) is 1.80. The van der Waals surface area contributed by atoms with Crippen molar-refractivity contribution in [3.63, 3.8) is 0 Å². The predicted molar refractivity (Wildman–Crippen MR) is 45.7 cm³/mol. The fourth-order valence-corrected chi connectivity index (χ4v) is 2.84. The van der Waals surface area contributed by atoms with Crippen LogP contribution in [0.15, 0.2) is 0 Å². The third-order valence-corrected chi connectivity index (χ3v) is 3.79. The van der Waals surface area contributed by atoms with Crippen molar-refractivity contribution < 1.29 is 9.90 Å². The first kappa shape index (κ1) is 8.55. The van der Waals surface area contributed by atoms with E-state index in [1.54, 1.807) is 0 Å². The first-order valence-electron chi connectivity index (χ1n) is 4.81. The Hall–Kier alpha value is -1.04. The van der Waals surface area contributed by atoms with E-state index in [1.807, 2.05) is 0 Å². The van der Waals surface area contributed by atoms with Crippen LogP contribution in [0.1, 0.15) is 32.1 Å². The molecule has 0 aliphatic heterocycles. The number of hydrogen-bond donors (Lipinski definition) is 1. The molecular weight excluding hydrogens is 166 g/mol. The minimum atomic E-state index is -0.689. The van der Waals surface area contributed by atoms with Gasteiger partial charge in [-0.15, -0.1) is 0 Å². The first-order valence-corrected chi connectivity index (χ1v) is 4.81. The third-order valence-electron chi connectivity index (χ3n) is 3.79. The number of rotatable bonds is 1. The minimum absolute atomic E-state index is 0.00130. The molecule has 0 spiro atoms. The molecule has 13 heavy (non-hydrogen) atoms. The molecule has 0 radical (unpaired) electrons. The SMILES string of the molecule is N#CC1CC2(C(=O)O)CCC1CC2. The van der Waals surface area contributed by atoms with Crippen LogP contribution in [0.5, 0.6) is 0 Å². The predicted octanol–water partition coefficient (Wildman–Crippen LogP) is 1.79. The average Bonchev–Trinajstić information content (AvgIpc) is 2.19. The van der Waals surface area contributed by atoms with Gasteiger partial charge in [0, 0.05) is 0 Å². The van der Waals surface area contributed by atoms with Gasteiger partial charge >= 0.3 is 5.97 Å². The van der Waals surface area contributed by atoms with Crippen LogP contribution >= 0.6 is 0 Å².